The predicted molar refractivity (Wildman–Crippen MR) is 86.2 cm³/mol. The maximum absolute atomic E-state index is 13.7. The zero-order valence-corrected chi connectivity index (χ0v) is 13.3. The monoisotopic (exact) mass is 306 g/mol. The highest BCUT2D eigenvalue weighted by molar-refractivity contribution is 5.17. The lowest BCUT2D eigenvalue weighted by Gasteiger charge is -2.32. The van der Waals surface area contributed by atoms with Crippen LogP contribution in [-0.4, -0.2) is 43.8 Å². The van der Waals surface area contributed by atoms with Crippen LogP contribution >= 0.6 is 0 Å². The Hall–Kier alpha value is -0.970. The molecule has 0 spiro atoms. The minimum atomic E-state index is -0.0807. The average Bonchev–Trinajstić information content (AvgIpc) is 3.05. The van der Waals surface area contributed by atoms with Crippen molar-refractivity contribution in [3.05, 3.63) is 35.6 Å². The van der Waals surface area contributed by atoms with E-state index in [-0.39, 0.29) is 5.82 Å². The van der Waals surface area contributed by atoms with Crippen molar-refractivity contribution in [2.75, 3.05) is 32.8 Å². The summed E-state index contributed by atoms with van der Waals surface area (Å²) in [5.74, 6) is 0.668. The van der Waals surface area contributed by atoms with Gasteiger partial charge in [0, 0.05) is 25.3 Å². The zero-order chi connectivity index (χ0) is 15.2. The van der Waals surface area contributed by atoms with E-state index < -0.39 is 0 Å². The van der Waals surface area contributed by atoms with Gasteiger partial charge in [0.25, 0.3) is 0 Å². The first-order valence-electron chi connectivity index (χ1n) is 8.59. The summed E-state index contributed by atoms with van der Waals surface area (Å²) in [5, 5.41) is 3.57. The van der Waals surface area contributed by atoms with E-state index in [1.165, 1.54) is 25.7 Å². The van der Waals surface area contributed by atoms with E-state index in [1.54, 1.807) is 12.1 Å². The molecule has 0 aliphatic carbocycles. The van der Waals surface area contributed by atoms with Gasteiger partial charge >= 0.3 is 0 Å². The summed E-state index contributed by atoms with van der Waals surface area (Å²) in [6, 6.07) is 7.12. The zero-order valence-electron chi connectivity index (χ0n) is 13.3. The van der Waals surface area contributed by atoms with Gasteiger partial charge in [-0.05, 0) is 57.3 Å². The van der Waals surface area contributed by atoms with Crippen LogP contribution in [0, 0.1) is 11.7 Å². The van der Waals surface area contributed by atoms with Crippen LogP contribution < -0.4 is 5.32 Å². The molecule has 22 heavy (non-hydrogen) atoms. The van der Waals surface area contributed by atoms with Crippen LogP contribution in [0.5, 0.6) is 0 Å². The number of halogens is 1. The molecule has 1 aromatic carbocycles. The lowest BCUT2D eigenvalue weighted by molar-refractivity contribution is 0.107. The molecular formula is C18H27FN2O. The lowest BCUT2D eigenvalue weighted by Crippen LogP contribution is -2.38. The molecule has 0 unspecified atom stereocenters. The fraction of sp³-hybridized carbons (Fsp3) is 0.667. The van der Waals surface area contributed by atoms with Gasteiger partial charge in [-0.2, -0.15) is 0 Å². The third-order valence-corrected chi connectivity index (χ3v) is 4.89. The molecular weight excluding hydrogens is 279 g/mol. The third kappa shape index (κ3) is 4.51. The first kappa shape index (κ1) is 15.9. The number of hydrogen-bond donors (Lipinski definition) is 1. The largest absolute Gasteiger partial charge is 0.377 e. The number of rotatable bonds is 6. The van der Waals surface area contributed by atoms with Gasteiger partial charge in [0.15, 0.2) is 0 Å². The van der Waals surface area contributed by atoms with E-state index >= 15 is 0 Å². The maximum Gasteiger partial charge on any atom is 0.127 e. The second-order valence-electron chi connectivity index (χ2n) is 6.60. The molecule has 4 heteroatoms. The Bertz CT molecular complexity index is 454. The standard InChI is InChI=1S/C18H27FN2O/c19-18-6-2-1-4-16(18)14-21-9-7-15(8-10-21)12-20-13-17-5-3-11-22-17/h1-2,4,6,15,17,20H,3,5,7-14H2/t17-/m1/s1. The summed E-state index contributed by atoms with van der Waals surface area (Å²) in [6.45, 7) is 5.90. The summed E-state index contributed by atoms with van der Waals surface area (Å²) < 4.78 is 19.3. The molecule has 1 aromatic rings. The van der Waals surface area contributed by atoms with Crippen molar-refractivity contribution in [3.63, 3.8) is 0 Å². The summed E-state index contributed by atoms with van der Waals surface area (Å²) in [4.78, 5) is 2.37. The Balaban J connectivity index is 1.34. The van der Waals surface area contributed by atoms with Crippen LogP contribution in [0.3, 0.4) is 0 Å². The number of hydrogen-bond acceptors (Lipinski definition) is 3. The number of nitrogens with zero attached hydrogens (tertiary/aromatic N) is 1. The van der Waals surface area contributed by atoms with Crippen molar-refractivity contribution >= 4 is 0 Å². The molecule has 0 aromatic heterocycles. The first-order valence-corrected chi connectivity index (χ1v) is 8.59. The van der Waals surface area contributed by atoms with Crippen LogP contribution in [0.4, 0.5) is 4.39 Å². The summed E-state index contributed by atoms with van der Waals surface area (Å²) in [7, 11) is 0. The summed E-state index contributed by atoms with van der Waals surface area (Å²) >= 11 is 0. The van der Waals surface area contributed by atoms with Crippen molar-refractivity contribution in [1.82, 2.24) is 10.2 Å². The fourth-order valence-corrected chi connectivity index (χ4v) is 3.47. The van der Waals surface area contributed by atoms with Gasteiger partial charge < -0.3 is 10.1 Å². The second kappa shape index (κ2) is 8.04. The van der Waals surface area contributed by atoms with Crippen LogP contribution in [0.1, 0.15) is 31.2 Å². The van der Waals surface area contributed by atoms with Crippen molar-refractivity contribution in [3.8, 4) is 0 Å². The van der Waals surface area contributed by atoms with Gasteiger partial charge in [-0.1, -0.05) is 18.2 Å². The van der Waals surface area contributed by atoms with Gasteiger partial charge in [0.2, 0.25) is 0 Å². The Kier molecular flexibility index (Phi) is 5.82. The van der Waals surface area contributed by atoms with Crippen molar-refractivity contribution in [2.24, 2.45) is 5.92 Å². The molecule has 0 saturated carbocycles. The fourth-order valence-electron chi connectivity index (χ4n) is 3.47. The molecule has 2 aliphatic heterocycles. The Morgan fingerprint density at radius 1 is 1.14 bits per heavy atom. The maximum atomic E-state index is 13.7. The predicted octanol–water partition coefficient (Wildman–Crippen LogP) is 2.81. The molecule has 2 heterocycles. The van der Waals surface area contributed by atoms with E-state index in [0.29, 0.717) is 6.10 Å². The van der Waals surface area contributed by atoms with E-state index in [9.17, 15) is 4.39 Å². The lowest BCUT2D eigenvalue weighted by atomic mass is 9.96. The molecule has 2 fully saturated rings. The molecule has 122 valence electrons. The molecule has 2 aliphatic rings. The van der Waals surface area contributed by atoms with Crippen molar-refractivity contribution in [1.29, 1.82) is 0 Å². The van der Waals surface area contributed by atoms with E-state index in [4.69, 9.17) is 4.74 Å². The molecule has 1 N–H and O–H groups in total. The van der Waals surface area contributed by atoms with E-state index in [2.05, 4.69) is 10.2 Å². The second-order valence-corrected chi connectivity index (χ2v) is 6.60. The molecule has 1 atom stereocenters. The SMILES string of the molecule is Fc1ccccc1CN1CCC(CNC[C@H]2CCCO2)CC1. The van der Waals surface area contributed by atoms with Crippen molar-refractivity contribution in [2.45, 2.75) is 38.3 Å². The third-order valence-electron chi connectivity index (χ3n) is 4.89. The molecule has 0 amide bonds. The number of piperidine rings is 1. The Labute approximate surface area is 132 Å². The Morgan fingerprint density at radius 3 is 2.68 bits per heavy atom. The number of ether oxygens (including phenoxy) is 1. The summed E-state index contributed by atoms with van der Waals surface area (Å²) in [6.07, 6.45) is 5.25. The van der Waals surface area contributed by atoms with Gasteiger partial charge in [-0.25, -0.2) is 4.39 Å². The van der Waals surface area contributed by atoms with E-state index in [0.717, 1.165) is 50.8 Å². The quantitative estimate of drug-likeness (QED) is 0.874. The smallest absolute Gasteiger partial charge is 0.127 e. The molecule has 0 bridgehead atoms. The highest BCUT2D eigenvalue weighted by Crippen LogP contribution is 2.19. The van der Waals surface area contributed by atoms with Crippen molar-refractivity contribution < 1.29 is 9.13 Å². The molecule has 3 nitrogen and oxygen atoms in total. The highest BCUT2D eigenvalue weighted by atomic mass is 19.1. The van der Waals surface area contributed by atoms with Crippen LogP contribution in [-0.2, 0) is 11.3 Å². The minimum absolute atomic E-state index is 0.0807. The molecule has 2 saturated heterocycles. The average molecular weight is 306 g/mol. The van der Waals surface area contributed by atoms with Gasteiger partial charge in [0.05, 0.1) is 6.10 Å². The van der Waals surface area contributed by atoms with Crippen LogP contribution in [0.25, 0.3) is 0 Å². The van der Waals surface area contributed by atoms with Gasteiger partial charge in [-0.3, -0.25) is 4.90 Å². The minimum Gasteiger partial charge on any atom is -0.377 e. The Morgan fingerprint density at radius 2 is 1.95 bits per heavy atom. The number of benzene rings is 1. The summed E-state index contributed by atoms with van der Waals surface area (Å²) in [5.41, 5.74) is 0.817. The number of nitrogens with one attached hydrogen (secondary N) is 1. The molecule has 3 rings (SSSR count). The number of likely N-dealkylation sites (tertiary alicyclic amines) is 1. The van der Waals surface area contributed by atoms with Crippen LogP contribution in [0.15, 0.2) is 24.3 Å². The molecule has 0 radical (unpaired) electrons. The van der Waals surface area contributed by atoms with Gasteiger partial charge in [0.1, 0.15) is 5.82 Å². The van der Waals surface area contributed by atoms with E-state index in [1.807, 2.05) is 12.1 Å². The highest BCUT2D eigenvalue weighted by Gasteiger charge is 2.21. The van der Waals surface area contributed by atoms with Gasteiger partial charge in [-0.15, -0.1) is 0 Å². The van der Waals surface area contributed by atoms with Crippen LogP contribution in [0.2, 0.25) is 0 Å². The topological polar surface area (TPSA) is 24.5 Å². The first-order chi connectivity index (χ1) is 10.8. The normalized spacial score (nSPS) is 24.0.